The molecule has 1 aromatic rings. The van der Waals surface area contributed by atoms with Crippen molar-refractivity contribution in [1.82, 2.24) is 4.90 Å². The zero-order chi connectivity index (χ0) is 17.7. The van der Waals surface area contributed by atoms with Gasteiger partial charge < -0.3 is 9.47 Å². The van der Waals surface area contributed by atoms with E-state index in [0.717, 1.165) is 28.0 Å². The van der Waals surface area contributed by atoms with Gasteiger partial charge in [-0.1, -0.05) is 26.0 Å². The highest BCUT2D eigenvalue weighted by Gasteiger charge is 2.36. The second-order valence-electron chi connectivity index (χ2n) is 5.62. The Labute approximate surface area is 144 Å². The van der Waals surface area contributed by atoms with Gasteiger partial charge in [-0.05, 0) is 41.5 Å². The quantitative estimate of drug-likeness (QED) is 0.581. The summed E-state index contributed by atoms with van der Waals surface area (Å²) in [6.07, 6.45) is 1.62. The van der Waals surface area contributed by atoms with Crippen LogP contribution in [0.5, 0.6) is 5.75 Å². The van der Waals surface area contributed by atoms with Gasteiger partial charge in [0.1, 0.15) is 12.3 Å². The molecule has 0 saturated carbocycles. The summed E-state index contributed by atoms with van der Waals surface area (Å²) < 4.78 is 10.1. The molecule has 0 aromatic heterocycles. The van der Waals surface area contributed by atoms with Crippen molar-refractivity contribution in [1.29, 1.82) is 0 Å². The molecule has 0 atom stereocenters. The fraction of sp³-hybridized carbons (Fsp3) is 0.353. The molecule has 0 radical (unpaired) electrons. The second kappa shape index (κ2) is 8.01. The lowest BCUT2D eigenvalue weighted by Gasteiger charge is -2.10. The number of benzene rings is 1. The Morgan fingerprint density at radius 3 is 2.50 bits per heavy atom. The van der Waals surface area contributed by atoms with Crippen LogP contribution in [-0.2, 0) is 14.3 Å². The molecule has 6 nitrogen and oxygen atoms in total. The predicted octanol–water partition coefficient (Wildman–Crippen LogP) is 2.93. The number of hydrogen-bond donors (Lipinski definition) is 0. The van der Waals surface area contributed by atoms with Crippen LogP contribution in [0.4, 0.5) is 4.79 Å². The maximum atomic E-state index is 12.2. The zero-order valence-corrected chi connectivity index (χ0v) is 14.6. The zero-order valence-electron chi connectivity index (χ0n) is 13.8. The van der Waals surface area contributed by atoms with Gasteiger partial charge in [0.2, 0.25) is 0 Å². The molecule has 2 rings (SSSR count). The van der Waals surface area contributed by atoms with Gasteiger partial charge in [-0.3, -0.25) is 19.3 Å². The van der Waals surface area contributed by atoms with E-state index in [9.17, 15) is 14.4 Å². The number of nitrogens with zero attached hydrogens (tertiary/aromatic N) is 1. The Balaban J connectivity index is 2.07. The van der Waals surface area contributed by atoms with Crippen LogP contribution in [0.2, 0.25) is 0 Å². The topological polar surface area (TPSA) is 72.9 Å². The molecule has 0 N–H and O–H groups in total. The molecule has 24 heavy (non-hydrogen) atoms. The minimum atomic E-state index is -0.634. The molecule has 1 aliphatic rings. The molecule has 1 aromatic carbocycles. The average Bonchev–Trinajstić information content (AvgIpc) is 2.81. The van der Waals surface area contributed by atoms with Crippen LogP contribution in [0.1, 0.15) is 19.4 Å². The Morgan fingerprint density at radius 2 is 1.92 bits per heavy atom. The Bertz CT molecular complexity index is 666. The fourth-order valence-corrected chi connectivity index (χ4v) is 2.74. The monoisotopic (exact) mass is 349 g/mol. The number of hydrogen-bond acceptors (Lipinski definition) is 6. The van der Waals surface area contributed by atoms with Crippen LogP contribution in [-0.4, -0.2) is 42.3 Å². The summed E-state index contributed by atoms with van der Waals surface area (Å²) in [6, 6.07) is 7.24. The molecule has 1 aliphatic heterocycles. The van der Waals surface area contributed by atoms with Crippen LogP contribution in [0.15, 0.2) is 29.2 Å². The number of rotatable bonds is 6. The van der Waals surface area contributed by atoms with Crippen molar-refractivity contribution in [3.8, 4) is 5.75 Å². The lowest BCUT2D eigenvalue weighted by Crippen LogP contribution is -2.34. The molecule has 1 fully saturated rings. The van der Waals surface area contributed by atoms with E-state index < -0.39 is 17.1 Å². The van der Waals surface area contributed by atoms with Crippen LogP contribution in [0, 0.1) is 5.92 Å². The fourth-order valence-electron chi connectivity index (χ4n) is 1.90. The summed E-state index contributed by atoms with van der Waals surface area (Å²) in [6.45, 7) is 4.39. The van der Waals surface area contributed by atoms with E-state index >= 15 is 0 Å². The van der Waals surface area contributed by atoms with Crippen molar-refractivity contribution in [2.24, 2.45) is 5.92 Å². The maximum Gasteiger partial charge on any atom is 0.325 e. The van der Waals surface area contributed by atoms with Gasteiger partial charge in [-0.15, -0.1) is 0 Å². The van der Waals surface area contributed by atoms with Crippen LogP contribution >= 0.6 is 11.8 Å². The van der Waals surface area contributed by atoms with E-state index in [-0.39, 0.29) is 11.4 Å². The SMILES string of the molecule is COC(=O)CN1C(=O)S/C(=C\c2ccc(OCC(C)C)cc2)C1=O. The van der Waals surface area contributed by atoms with Crippen LogP contribution in [0.25, 0.3) is 6.08 Å². The molecular weight excluding hydrogens is 330 g/mol. The van der Waals surface area contributed by atoms with Gasteiger partial charge >= 0.3 is 5.97 Å². The lowest BCUT2D eigenvalue weighted by atomic mass is 10.2. The summed E-state index contributed by atoms with van der Waals surface area (Å²) in [5.41, 5.74) is 0.774. The second-order valence-corrected chi connectivity index (χ2v) is 6.61. The minimum Gasteiger partial charge on any atom is -0.493 e. The summed E-state index contributed by atoms with van der Waals surface area (Å²) in [5, 5.41) is -0.478. The number of carbonyl (C=O) groups is 3. The predicted molar refractivity (Wildman–Crippen MR) is 91.5 cm³/mol. The average molecular weight is 349 g/mol. The standard InChI is InChI=1S/C17H19NO5S/c1-11(2)10-23-13-6-4-12(5-7-13)8-14-16(20)18(17(21)24-14)9-15(19)22-3/h4-8,11H,9-10H2,1-3H3/b14-8-. The number of amides is 2. The van der Waals surface area contributed by atoms with E-state index in [1.807, 2.05) is 24.3 Å². The van der Waals surface area contributed by atoms with Crippen molar-refractivity contribution in [3.05, 3.63) is 34.7 Å². The van der Waals surface area contributed by atoms with E-state index in [0.29, 0.717) is 12.5 Å². The van der Waals surface area contributed by atoms with E-state index in [1.165, 1.54) is 7.11 Å². The van der Waals surface area contributed by atoms with Crippen molar-refractivity contribution in [2.75, 3.05) is 20.3 Å². The van der Waals surface area contributed by atoms with E-state index in [2.05, 4.69) is 18.6 Å². The third-order valence-electron chi connectivity index (χ3n) is 3.15. The molecule has 7 heteroatoms. The summed E-state index contributed by atoms with van der Waals surface area (Å²) in [4.78, 5) is 36.5. The Morgan fingerprint density at radius 1 is 1.25 bits per heavy atom. The normalized spacial score (nSPS) is 16.2. The Hall–Kier alpha value is -2.28. The molecule has 0 aliphatic carbocycles. The number of esters is 1. The smallest absolute Gasteiger partial charge is 0.325 e. The number of thioether (sulfide) groups is 1. The third-order valence-corrected chi connectivity index (χ3v) is 4.06. The van der Waals surface area contributed by atoms with Gasteiger partial charge in [0, 0.05) is 0 Å². The van der Waals surface area contributed by atoms with E-state index in [4.69, 9.17) is 4.74 Å². The number of imide groups is 1. The van der Waals surface area contributed by atoms with Crippen molar-refractivity contribution >= 4 is 35.0 Å². The number of ether oxygens (including phenoxy) is 2. The first-order valence-corrected chi connectivity index (χ1v) is 8.27. The molecule has 0 bridgehead atoms. The van der Waals surface area contributed by atoms with Crippen molar-refractivity contribution in [2.45, 2.75) is 13.8 Å². The molecule has 1 heterocycles. The summed E-state index contributed by atoms with van der Waals surface area (Å²) in [5.74, 6) is 0.0616. The molecule has 2 amide bonds. The van der Waals surface area contributed by atoms with Gasteiger partial charge in [-0.25, -0.2) is 0 Å². The van der Waals surface area contributed by atoms with Gasteiger partial charge in [0.05, 0.1) is 18.6 Å². The third kappa shape index (κ3) is 4.61. The minimum absolute atomic E-state index is 0.278. The highest BCUT2D eigenvalue weighted by Crippen LogP contribution is 2.32. The summed E-state index contributed by atoms with van der Waals surface area (Å²) >= 11 is 0.807. The van der Waals surface area contributed by atoms with E-state index in [1.54, 1.807) is 6.08 Å². The maximum absolute atomic E-state index is 12.2. The van der Waals surface area contributed by atoms with Crippen LogP contribution in [0.3, 0.4) is 0 Å². The molecule has 0 unspecified atom stereocenters. The number of carbonyl (C=O) groups excluding carboxylic acids is 3. The molecule has 1 saturated heterocycles. The first-order valence-electron chi connectivity index (χ1n) is 7.45. The summed E-state index contributed by atoms with van der Waals surface area (Å²) in [7, 11) is 1.21. The number of methoxy groups -OCH3 is 1. The van der Waals surface area contributed by atoms with Crippen molar-refractivity contribution in [3.63, 3.8) is 0 Å². The molecule has 128 valence electrons. The van der Waals surface area contributed by atoms with Crippen LogP contribution < -0.4 is 4.74 Å². The highest BCUT2D eigenvalue weighted by molar-refractivity contribution is 8.18. The largest absolute Gasteiger partial charge is 0.493 e. The van der Waals surface area contributed by atoms with Gasteiger partial charge in [0.15, 0.2) is 0 Å². The Kier molecular flexibility index (Phi) is 6.03. The van der Waals surface area contributed by atoms with Crippen molar-refractivity contribution < 1.29 is 23.9 Å². The lowest BCUT2D eigenvalue weighted by molar-refractivity contribution is -0.143. The molecular formula is C17H19NO5S. The first kappa shape index (κ1) is 18.1. The highest BCUT2D eigenvalue weighted by atomic mass is 32.2. The molecule has 0 spiro atoms. The first-order chi connectivity index (χ1) is 11.4. The van der Waals surface area contributed by atoms with Gasteiger partial charge in [-0.2, -0.15) is 0 Å². The van der Waals surface area contributed by atoms with Gasteiger partial charge in [0.25, 0.3) is 11.1 Å².